The van der Waals surface area contributed by atoms with Crippen molar-refractivity contribution in [3.8, 4) is 0 Å². The van der Waals surface area contributed by atoms with Crippen LogP contribution in [0.15, 0.2) is 17.5 Å². The van der Waals surface area contributed by atoms with Gasteiger partial charge in [0.05, 0.1) is 12.5 Å². The monoisotopic (exact) mass is 323 g/mol. The second-order valence-electron chi connectivity index (χ2n) is 6.57. The molecule has 1 heterocycles. The lowest BCUT2D eigenvalue weighted by Crippen LogP contribution is -2.49. The minimum atomic E-state index is -0.607. The molecule has 4 N–H and O–H groups in total. The molecule has 0 radical (unpaired) electrons. The number of carbonyl (C=O) groups excluding carboxylic acids is 2. The van der Waals surface area contributed by atoms with Crippen LogP contribution >= 0.6 is 11.3 Å². The van der Waals surface area contributed by atoms with E-state index >= 15 is 0 Å². The van der Waals surface area contributed by atoms with Crippen LogP contribution in [0.2, 0.25) is 0 Å². The second-order valence-corrected chi connectivity index (χ2v) is 7.55. The molecular weight excluding hydrogens is 298 g/mol. The molecule has 1 aliphatic rings. The Morgan fingerprint density at radius 2 is 2.14 bits per heavy atom. The molecule has 0 aromatic carbocycles. The first-order valence-corrected chi connectivity index (χ1v) is 8.66. The van der Waals surface area contributed by atoms with Crippen molar-refractivity contribution in [2.45, 2.75) is 57.5 Å². The Hall–Kier alpha value is -1.56. The molecule has 1 atom stereocenters. The van der Waals surface area contributed by atoms with Crippen LogP contribution in [0.1, 0.15) is 56.9 Å². The Labute approximate surface area is 135 Å². The lowest BCUT2D eigenvalue weighted by Gasteiger charge is -2.37. The van der Waals surface area contributed by atoms with Crippen molar-refractivity contribution in [3.63, 3.8) is 0 Å². The highest BCUT2D eigenvalue weighted by atomic mass is 32.1. The summed E-state index contributed by atoms with van der Waals surface area (Å²) in [6, 6.07) is 2.84. The van der Waals surface area contributed by atoms with Crippen molar-refractivity contribution in [1.82, 2.24) is 10.6 Å². The van der Waals surface area contributed by atoms with Gasteiger partial charge in [0.15, 0.2) is 0 Å². The molecule has 0 saturated heterocycles. The molecule has 3 amide bonds. The molecule has 2 rings (SSSR count). The highest BCUT2D eigenvalue weighted by Gasteiger charge is 2.31. The van der Waals surface area contributed by atoms with Crippen LogP contribution < -0.4 is 16.4 Å². The largest absolute Gasteiger partial charge is 0.352 e. The van der Waals surface area contributed by atoms with Crippen molar-refractivity contribution in [3.05, 3.63) is 22.4 Å². The summed E-state index contributed by atoms with van der Waals surface area (Å²) in [7, 11) is 0. The Bertz CT molecular complexity index is 507. The van der Waals surface area contributed by atoms with Crippen molar-refractivity contribution in [2.75, 3.05) is 0 Å². The van der Waals surface area contributed by atoms with Crippen LogP contribution in [-0.2, 0) is 4.79 Å². The molecule has 1 saturated carbocycles. The van der Waals surface area contributed by atoms with Crippen molar-refractivity contribution in [1.29, 1.82) is 0 Å². The molecule has 5 nitrogen and oxygen atoms in total. The van der Waals surface area contributed by atoms with Crippen LogP contribution in [0.25, 0.3) is 0 Å². The number of nitrogens with two attached hydrogens (primary N) is 1. The molecule has 1 fully saturated rings. The second kappa shape index (κ2) is 7.13. The van der Waals surface area contributed by atoms with E-state index in [9.17, 15) is 9.59 Å². The van der Waals surface area contributed by atoms with E-state index < -0.39 is 6.03 Å². The molecular formula is C16H25N3O2S. The Balaban J connectivity index is 1.95. The van der Waals surface area contributed by atoms with E-state index in [0.717, 1.165) is 36.5 Å². The molecule has 22 heavy (non-hydrogen) atoms. The van der Waals surface area contributed by atoms with Crippen LogP contribution in [0, 0.1) is 5.92 Å². The third-order valence-corrected chi connectivity index (χ3v) is 5.40. The summed E-state index contributed by atoms with van der Waals surface area (Å²) in [4.78, 5) is 24.5. The first-order valence-electron chi connectivity index (χ1n) is 7.78. The normalized spacial score (nSPS) is 26.2. The van der Waals surface area contributed by atoms with Gasteiger partial charge in [-0.05, 0) is 50.0 Å². The third-order valence-electron chi connectivity index (χ3n) is 4.41. The zero-order valence-electron chi connectivity index (χ0n) is 13.2. The molecule has 1 aromatic heterocycles. The Morgan fingerprint density at radius 3 is 2.68 bits per heavy atom. The van der Waals surface area contributed by atoms with E-state index in [4.69, 9.17) is 5.73 Å². The number of rotatable bonds is 5. The number of thiophene rings is 1. The summed E-state index contributed by atoms with van der Waals surface area (Å²) in [6.07, 6.45) is 4.52. The Kier molecular flexibility index (Phi) is 5.45. The summed E-state index contributed by atoms with van der Waals surface area (Å²) in [5, 5.41) is 7.74. The molecule has 0 aliphatic heterocycles. The number of nitrogens with one attached hydrogen (secondary N) is 2. The van der Waals surface area contributed by atoms with Gasteiger partial charge in [0.2, 0.25) is 5.91 Å². The van der Waals surface area contributed by atoms with Crippen molar-refractivity contribution >= 4 is 23.3 Å². The first-order chi connectivity index (χ1) is 10.4. The lowest BCUT2D eigenvalue weighted by molar-refractivity contribution is -0.123. The van der Waals surface area contributed by atoms with Gasteiger partial charge in [0.25, 0.3) is 0 Å². The first kappa shape index (κ1) is 16.8. The SMILES string of the molecule is CC1CCC(C)(NC(=O)C[C@@H](NC(N)=O)c2cccs2)CC1. The van der Waals surface area contributed by atoms with Crippen LogP contribution in [0.5, 0.6) is 0 Å². The number of hydrogen-bond acceptors (Lipinski definition) is 3. The van der Waals surface area contributed by atoms with Crippen molar-refractivity contribution < 1.29 is 9.59 Å². The fraction of sp³-hybridized carbons (Fsp3) is 0.625. The van der Waals surface area contributed by atoms with Gasteiger partial charge in [-0.25, -0.2) is 4.79 Å². The van der Waals surface area contributed by atoms with Crippen LogP contribution in [0.3, 0.4) is 0 Å². The number of primary amides is 1. The van der Waals surface area contributed by atoms with Gasteiger partial charge in [-0.15, -0.1) is 11.3 Å². The molecule has 0 unspecified atom stereocenters. The standard InChI is InChI=1S/C16H25N3O2S/c1-11-5-7-16(2,8-6-11)19-14(20)10-12(18-15(17)21)13-4-3-9-22-13/h3-4,9,11-12H,5-8,10H2,1-2H3,(H,19,20)(H3,17,18,21)/t11?,12-,16?/m1/s1. The van der Waals surface area contributed by atoms with Gasteiger partial charge in [0, 0.05) is 10.4 Å². The quantitative estimate of drug-likeness (QED) is 0.778. The van der Waals surface area contributed by atoms with Gasteiger partial charge in [-0.3, -0.25) is 4.79 Å². The predicted molar refractivity (Wildman–Crippen MR) is 88.6 cm³/mol. The van der Waals surface area contributed by atoms with E-state index in [0.29, 0.717) is 0 Å². The van der Waals surface area contributed by atoms with E-state index in [-0.39, 0.29) is 23.9 Å². The lowest BCUT2D eigenvalue weighted by atomic mass is 9.78. The summed E-state index contributed by atoms with van der Waals surface area (Å²) in [6.45, 7) is 4.36. The summed E-state index contributed by atoms with van der Waals surface area (Å²) < 4.78 is 0. The number of carbonyl (C=O) groups is 2. The van der Waals surface area contributed by atoms with E-state index in [1.807, 2.05) is 17.5 Å². The zero-order valence-corrected chi connectivity index (χ0v) is 14.0. The molecule has 122 valence electrons. The fourth-order valence-corrected chi connectivity index (χ4v) is 3.76. The number of amides is 3. The maximum atomic E-state index is 12.4. The van der Waals surface area contributed by atoms with Gasteiger partial charge in [0.1, 0.15) is 0 Å². The van der Waals surface area contributed by atoms with Crippen molar-refractivity contribution in [2.24, 2.45) is 11.7 Å². The number of urea groups is 1. The zero-order chi connectivity index (χ0) is 16.2. The highest BCUT2D eigenvalue weighted by molar-refractivity contribution is 7.10. The summed E-state index contributed by atoms with van der Waals surface area (Å²) in [5.41, 5.74) is 5.09. The maximum Gasteiger partial charge on any atom is 0.312 e. The van der Waals surface area contributed by atoms with Gasteiger partial charge in [-0.2, -0.15) is 0 Å². The third kappa shape index (κ3) is 4.73. The highest BCUT2D eigenvalue weighted by Crippen LogP contribution is 2.32. The van der Waals surface area contributed by atoms with E-state index in [1.54, 1.807) is 0 Å². The van der Waals surface area contributed by atoms with Gasteiger partial charge in [-0.1, -0.05) is 13.0 Å². The van der Waals surface area contributed by atoms with Gasteiger partial charge < -0.3 is 16.4 Å². The average molecular weight is 323 g/mol. The minimum Gasteiger partial charge on any atom is -0.352 e. The molecule has 6 heteroatoms. The molecule has 1 aliphatic carbocycles. The topological polar surface area (TPSA) is 84.2 Å². The van der Waals surface area contributed by atoms with E-state index in [1.165, 1.54) is 11.3 Å². The Morgan fingerprint density at radius 1 is 1.45 bits per heavy atom. The summed E-state index contributed by atoms with van der Waals surface area (Å²) in [5.74, 6) is 0.699. The van der Waals surface area contributed by atoms with Crippen LogP contribution in [-0.4, -0.2) is 17.5 Å². The van der Waals surface area contributed by atoms with Gasteiger partial charge >= 0.3 is 6.03 Å². The van der Waals surface area contributed by atoms with Crippen LogP contribution in [0.4, 0.5) is 4.79 Å². The predicted octanol–water partition coefficient (Wildman–Crippen LogP) is 2.93. The fourth-order valence-electron chi connectivity index (χ4n) is 2.98. The molecule has 0 spiro atoms. The van der Waals surface area contributed by atoms with E-state index in [2.05, 4.69) is 24.5 Å². The molecule has 0 bridgehead atoms. The average Bonchev–Trinajstić information content (AvgIpc) is 2.95. The number of hydrogen-bond donors (Lipinski definition) is 3. The minimum absolute atomic E-state index is 0.0378. The molecule has 1 aromatic rings. The summed E-state index contributed by atoms with van der Waals surface area (Å²) >= 11 is 1.51. The smallest absolute Gasteiger partial charge is 0.312 e. The maximum absolute atomic E-state index is 12.4.